The van der Waals surface area contributed by atoms with Gasteiger partial charge in [0.05, 0.1) is 13.7 Å². The lowest BCUT2D eigenvalue weighted by Crippen LogP contribution is -2.34. The Labute approximate surface area is 155 Å². The van der Waals surface area contributed by atoms with Crippen molar-refractivity contribution in [2.24, 2.45) is 5.92 Å². The second-order valence-electron chi connectivity index (χ2n) is 6.73. The van der Waals surface area contributed by atoms with Crippen LogP contribution >= 0.6 is 0 Å². The van der Waals surface area contributed by atoms with Crippen LogP contribution in [0.15, 0.2) is 48.5 Å². The minimum absolute atomic E-state index is 0.0153. The Morgan fingerprint density at radius 3 is 2.19 bits per heavy atom. The number of anilines is 1. The summed E-state index contributed by atoms with van der Waals surface area (Å²) < 4.78 is 5.08. The number of rotatable bonds is 7. The minimum Gasteiger partial charge on any atom is -0.497 e. The first-order valence-corrected chi connectivity index (χ1v) is 8.67. The number of carbonyl (C=O) groups excluding carboxylic acids is 2. The summed E-state index contributed by atoms with van der Waals surface area (Å²) >= 11 is 0. The number of methoxy groups -OCH3 is 1. The molecule has 2 amide bonds. The molecule has 0 heterocycles. The van der Waals surface area contributed by atoms with Crippen molar-refractivity contribution in [3.8, 4) is 5.75 Å². The third kappa shape index (κ3) is 5.62. The van der Waals surface area contributed by atoms with Crippen LogP contribution in [0.1, 0.15) is 29.8 Å². The Morgan fingerprint density at radius 1 is 1.04 bits per heavy atom. The Bertz CT molecular complexity index is 737. The molecule has 0 fully saturated rings. The van der Waals surface area contributed by atoms with Gasteiger partial charge in [-0.1, -0.05) is 26.0 Å². The van der Waals surface area contributed by atoms with Crippen molar-refractivity contribution < 1.29 is 14.3 Å². The topological polar surface area (TPSA) is 58.6 Å². The van der Waals surface area contributed by atoms with E-state index in [1.54, 1.807) is 38.4 Å². The maximum absolute atomic E-state index is 12.5. The van der Waals surface area contributed by atoms with Gasteiger partial charge in [0.15, 0.2) is 0 Å². The van der Waals surface area contributed by atoms with Crippen LogP contribution < -0.4 is 10.1 Å². The van der Waals surface area contributed by atoms with Gasteiger partial charge in [-0.2, -0.15) is 0 Å². The molecule has 0 saturated heterocycles. The molecule has 0 aromatic heterocycles. The fourth-order valence-corrected chi connectivity index (χ4v) is 2.64. The smallest absolute Gasteiger partial charge is 0.254 e. The maximum atomic E-state index is 12.5. The van der Waals surface area contributed by atoms with Gasteiger partial charge >= 0.3 is 0 Å². The molecule has 0 aliphatic heterocycles. The van der Waals surface area contributed by atoms with Crippen molar-refractivity contribution in [2.75, 3.05) is 26.0 Å². The molecule has 5 nitrogen and oxygen atoms in total. The van der Waals surface area contributed by atoms with Crippen molar-refractivity contribution in [1.82, 2.24) is 4.90 Å². The van der Waals surface area contributed by atoms with E-state index in [-0.39, 0.29) is 18.4 Å². The molecular weight excluding hydrogens is 328 g/mol. The quantitative estimate of drug-likeness (QED) is 0.826. The second-order valence-corrected chi connectivity index (χ2v) is 6.73. The molecule has 0 unspecified atom stereocenters. The summed E-state index contributed by atoms with van der Waals surface area (Å²) in [7, 11) is 3.21. The van der Waals surface area contributed by atoms with E-state index in [2.05, 4.69) is 19.2 Å². The molecule has 0 bridgehead atoms. The molecule has 1 N–H and O–H groups in total. The molecule has 138 valence electrons. The fourth-order valence-electron chi connectivity index (χ4n) is 2.64. The molecule has 2 aromatic carbocycles. The maximum Gasteiger partial charge on any atom is 0.254 e. The molecule has 0 saturated carbocycles. The second kappa shape index (κ2) is 9.04. The summed E-state index contributed by atoms with van der Waals surface area (Å²) in [6.07, 6.45) is 0.981. The van der Waals surface area contributed by atoms with E-state index in [0.29, 0.717) is 17.2 Å². The number of hydrogen-bond acceptors (Lipinski definition) is 3. The van der Waals surface area contributed by atoms with E-state index in [0.717, 1.165) is 12.2 Å². The summed E-state index contributed by atoms with van der Waals surface area (Å²) in [6.45, 7) is 4.31. The molecule has 0 aliphatic rings. The molecule has 0 radical (unpaired) electrons. The van der Waals surface area contributed by atoms with Gasteiger partial charge in [-0.15, -0.1) is 0 Å². The van der Waals surface area contributed by atoms with Gasteiger partial charge in [0.2, 0.25) is 5.91 Å². The first-order chi connectivity index (χ1) is 12.4. The zero-order chi connectivity index (χ0) is 19.1. The summed E-state index contributed by atoms with van der Waals surface area (Å²) in [5.41, 5.74) is 2.45. The molecule has 0 atom stereocenters. The third-order valence-corrected chi connectivity index (χ3v) is 3.95. The minimum atomic E-state index is -0.248. The highest BCUT2D eigenvalue weighted by Crippen LogP contribution is 2.15. The van der Waals surface area contributed by atoms with E-state index < -0.39 is 0 Å². The predicted octanol–water partition coefficient (Wildman–Crippen LogP) is 3.60. The van der Waals surface area contributed by atoms with Crippen LogP contribution in [0.5, 0.6) is 5.75 Å². The zero-order valence-corrected chi connectivity index (χ0v) is 15.8. The lowest BCUT2D eigenvalue weighted by Gasteiger charge is -2.17. The molecule has 0 spiro atoms. The van der Waals surface area contributed by atoms with Gasteiger partial charge in [-0.3, -0.25) is 9.59 Å². The molecule has 5 heteroatoms. The van der Waals surface area contributed by atoms with E-state index in [4.69, 9.17) is 4.74 Å². The first-order valence-electron chi connectivity index (χ1n) is 8.67. The predicted molar refractivity (Wildman–Crippen MR) is 104 cm³/mol. The normalized spacial score (nSPS) is 10.5. The van der Waals surface area contributed by atoms with Crippen molar-refractivity contribution in [3.05, 3.63) is 59.7 Å². The number of likely N-dealkylation sites (N-methyl/N-ethyl adjacent to an activating group) is 1. The molecule has 2 rings (SSSR count). The number of amides is 2. The highest BCUT2D eigenvalue weighted by atomic mass is 16.5. The highest BCUT2D eigenvalue weighted by molar-refractivity contribution is 5.99. The molecule has 0 aliphatic carbocycles. The largest absolute Gasteiger partial charge is 0.497 e. The number of hydrogen-bond donors (Lipinski definition) is 1. The van der Waals surface area contributed by atoms with Crippen molar-refractivity contribution >= 4 is 17.5 Å². The monoisotopic (exact) mass is 354 g/mol. The van der Waals surface area contributed by atoms with Crippen LogP contribution in [-0.2, 0) is 11.2 Å². The Morgan fingerprint density at radius 2 is 1.65 bits per heavy atom. The Hall–Kier alpha value is -2.82. The standard InChI is InChI=1S/C21H26N2O3/c1-15(2)13-16-5-7-17(8-6-16)21(25)23(3)14-20(24)22-18-9-11-19(26-4)12-10-18/h5-12,15H,13-14H2,1-4H3,(H,22,24). The average molecular weight is 354 g/mol. The molecule has 2 aromatic rings. The third-order valence-electron chi connectivity index (χ3n) is 3.95. The Kier molecular flexibility index (Phi) is 6.78. The number of ether oxygens (including phenoxy) is 1. The van der Waals surface area contributed by atoms with E-state index in [1.807, 2.05) is 24.3 Å². The summed E-state index contributed by atoms with van der Waals surface area (Å²) in [4.78, 5) is 26.0. The zero-order valence-electron chi connectivity index (χ0n) is 15.8. The molecular formula is C21H26N2O3. The van der Waals surface area contributed by atoms with Crippen molar-refractivity contribution in [1.29, 1.82) is 0 Å². The van der Waals surface area contributed by atoms with Gasteiger partial charge < -0.3 is 15.0 Å². The highest BCUT2D eigenvalue weighted by Gasteiger charge is 2.15. The number of carbonyl (C=O) groups is 2. The van der Waals surface area contributed by atoms with E-state index >= 15 is 0 Å². The number of benzene rings is 2. The number of nitrogens with one attached hydrogen (secondary N) is 1. The van der Waals surface area contributed by atoms with Gasteiger partial charge in [0, 0.05) is 18.3 Å². The summed E-state index contributed by atoms with van der Waals surface area (Å²) in [5, 5.41) is 2.77. The van der Waals surface area contributed by atoms with E-state index in [9.17, 15) is 9.59 Å². The van der Waals surface area contributed by atoms with Crippen LogP contribution in [0.4, 0.5) is 5.69 Å². The molecule has 26 heavy (non-hydrogen) atoms. The number of nitrogens with zero attached hydrogens (tertiary/aromatic N) is 1. The SMILES string of the molecule is COc1ccc(NC(=O)CN(C)C(=O)c2ccc(CC(C)C)cc2)cc1. The Balaban J connectivity index is 1.91. The lowest BCUT2D eigenvalue weighted by molar-refractivity contribution is -0.116. The summed E-state index contributed by atoms with van der Waals surface area (Å²) in [6, 6.07) is 14.6. The average Bonchev–Trinajstić information content (AvgIpc) is 2.61. The van der Waals surface area contributed by atoms with Gasteiger partial charge in [-0.05, 0) is 54.3 Å². The summed E-state index contributed by atoms with van der Waals surface area (Å²) in [5.74, 6) is 0.866. The fraction of sp³-hybridized carbons (Fsp3) is 0.333. The lowest BCUT2D eigenvalue weighted by atomic mass is 10.0. The van der Waals surface area contributed by atoms with Gasteiger partial charge in [-0.25, -0.2) is 0 Å². The van der Waals surface area contributed by atoms with Crippen molar-refractivity contribution in [3.63, 3.8) is 0 Å². The van der Waals surface area contributed by atoms with Crippen LogP contribution in [0, 0.1) is 5.92 Å². The van der Waals surface area contributed by atoms with Crippen LogP contribution in [-0.4, -0.2) is 37.4 Å². The van der Waals surface area contributed by atoms with Crippen molar-refractivity contribution in [2.45, 2.75) is 20.3 Å². The van der Waals surface area contributed by atoms with Crippen LogP contribution in [0.3, 0.4) is 0 Å². The first kappa shape index (κ1) is 19.5. The van der Waals surface area contributed by atoms with E-state index in [1.165, 1.54) is 10.5 Å². The van der Waals surface area contributed by atoms with Gasteiger partial charge in [0.1, 0.15) is 5.75 Å². The van der Waals surface area contributed by atoms with Gasteiger partial charge in [0.25, 0.3) is 5.91 Å². The van der Waals surface area contributed by atoms with Crippen LogP contribution in [0.25, 0.3) is 0 Å². The van der Waals surface area contributed by atoms with Crippen LogP contribution in [0.2, 0.25) is 0 Å².